The van der Waals surface area contributed by atoms with Gasteiger partial charge in [-0.25, -0.2) is 4.98 Å². The fourth-order valence-electron chi connectivity index (χ4n) is 2.36. The van der Waals surface area contributed by atoms with E-state index in [4.69, 9.17) is 0 Å². The Morgan fingerprint density at radius 1 is 1.04 bits per heavy atom. The average Bonchev–Trinajstić information content (AvgIpc) is 2.61. The van der Waals surface area contributed by atoms with E-state index in [1.165, 1.54) is 12.3 Å². The molecule has 5 nitrogen and oxygen atoms in total. The zero-order chi connectivity index (χ0) is 17.1. The Kier molecular flexibility index (Phi) is 4.69. The largest absolute Gasteiger partial charge is 0.367 e. The summed E-state index contributed by atoms with van der Waals surface area (Å²) in [5.74, 6) is -1.19. The van der Waals surface area contributed by atoms with Crippen LogP contribution in [0.1, 0.15) is 20.8 Å². The predicted molar refractivity (Wildman–Crippen MR) is 93.7 cm³/mol. The van der Waals surface area contributed by atoms with Crippen molar-refractivity contribution in [2.24, 2.45) is 0 Å². The van der Waals surface area contributed by atoms with Gasteiger partial charge in [-0.15, -0.1) is 0 Å². The molecule has 0 bridgehead atoms. The molecule has 3 aromatic rings. The molecule has 0 aliphatic heterocycles. The van der Waals surface area contributed by atoms with Gasteiger partial charge >= 0.3 is 0 Å². The lowest BCUT2D eigenvalue weighted by Crippen LogP contribution is -2.41. The van der Waals surface area contributed by atoms with Crippen LogP contribution in [-0.4, -0.2) is 28.0 Å². The van der Waals surface area contributed by atoms with E-state index in [2.05, 4.69) is 26.2 Å². The molecule has 0 aliphatic rings. The molecule has 0 aliphatic carbocycles. The monoisotopic (exact) mass is 384 g/mol. The van der Waals surface area contributed by atoms with Gasteiger partial charge in [-0.3, -0.25) is 9.59 Å². The molecule has 1 unspecified atom stereocenters. The highest BCUT2D eigenvalue weighted by Crippen LogP contribution is 2.19. The van der Waals surface area contributed by atoms with E-state index in [1.54, 1.807) is 24.3 Å². The first-order valence-electron chi connectivity index (χ1n) is 7.19. The number of pyridine rings is 1. The van der Waals surface area contributed by atoms with E-state index >= 15 is 0 Å². The van der Waals surface area contributed by atoms with Crippen molar-refractivity contribution in [2.75, 3.05) is 0 Å². The molecule has 1 aromatic heterocycles. The number of fused-ring (bicyclic) bond motifs is 1. The van der Waals surface area contributed by atoms with Gasteiger partial charge < -0.3 is 10.4 Å². The molecule has 1 heterocycles. The van der Waals surface area contributed by atoms with Gasteiger partial charge in [-0.1, -0.05) is 42.5 Å². The fourth-order valence-corrected chi connectivity index (χ4v) is 2.60. The smallest absolute Gasteiger partial charge is 0.272 e. The molecule has 0 fully saturated rings. The summed E-state index contributed by atoms with van der Waals surface area (Å²) in [5.41, 5.74) is 0.465. The van der Waals surface area contributed by atoms with Gasteiger partial charge in [0.1, 0.15) is 5.69 Å². The highest BCUT2D eigenvalue weighted by molar-refractivity contribution is 9.10. The van der Waals surface area contributed by atoms with Crippen LogP contribution in [0.25, 0.3) is 10.8 Å². The maximum atomic E-state index is 12.5. The van der Waals surface area contributed by atoms with E-state index in [0.717, 1.165) is 15.2 Å². The van der Waals surface area contributed by atoms with Gasteiger partial charge in [0.25, 0.3) is 5.91 Å². The normalized spacial score (nSPS) is 11.9. The van der Waals surface area contributed by atoms with E-state index in [9.17, 15) is 14.7 Å². The second-order valence-electron chi connectivity index (χ2n) is 5.13. The summed E-state index contributed by atoms with van der Waals surface area (Å²) >= 11 is 3.22. The minimum absolute atomic E-state index is 0.114. The number of hydrogen-bond acceptors (Lipinski definition) is 4. The Labute approximate surface area is 146 Å². The number of rotatable bonds is 4. The minimum Gasteiger partial charge on any atom is -0.367 e. The maximum absolute atomic E-state index is 12.5. The Balaban J connectivity index is 1.81. The molecule has 6 heteroatoms. The summed E-state index contributed by atoms with van der Waals surface area (Å²) in [6, 6.07) is 15.7. The number of carbonyl (C=O) groups excluding carboxylic acids is 2. The molecule has 1 amide bonds. The first-order chi connectivity index (χ1) is 11.6. The quantitative estimate of drug-likeness (QED) is 0.535. The van der Waals surface area contributed by atoms with Crippen LogP contribution in [0.15, 0.2) is 65.3 Å². The molecular formula is C18H13BrN2O3. The van der Waals surface area contributed by atoms with Crippen molar-refractivity contribution in [1.82, 2.24) is 10.3 Å². The first kappa shape index (κ1) is 16.3. The SMILES string of the molecule is O=C(NC(O)C(=O)c1cccc2ccccc12)c1ccc(Br)cn1. The third-order valence-corrected chi connectivity index (χ3v) is 4.00. The van der Waals surface area contributed by atoms with Gasteiger partial charge in [0, 0.05) is 16.2 Å². The van der Waals surface area contributed by atoms with E-state index < -0.39 is 17.9 Å². The zero-order valence-electron chi connectivity index (χ0n) is 12.4. The maximum Gasteiger partial charge on any atom is 0.272 e. The standard InChI is InChI=1S/C18H13BrN2O3/c19-12-8-9-15(20-10-12)17(23)21-18(24)16(22)14-7-3-5-11-4-1-2-6-13(11)14/h1-10,18,24H,(H,21,23). The average molecular weight is 385 g/mol. The second-order valence-corrected chi connectivity index (χ2v) is 6.04. The van der Waals surface area contributed by atoms with Crippen LogP contribution in [0.3, 0.4) is 0 Å². The van der Waals surface area contributed by atoms with E-state index in [-0.39, 0.29) is 5.69 Å². The van der Waals surface area contributed by atoms with Gasteiger partial charge in [0.05, 0.1) is 0 Å². The summed E-state index contributed by atoms with van der Waals surface area (Å²) in [6.45, 7) is 0. The minimum atomic E-state index is -1.64. The van der Waals surface area contributed by atoms with Crippen molar-refractivity contribution in [2.45, 2.75) is 6.23 Å². The zero-order valence-corrected chi connectivity index (χ0v) is 14.0. The lowest BCUT2D eigenvalue weighted by atomic mass is 10.0. The summed E-state index contributed by atoms with van der Waals surface area (Å²) in [5, 5.41) is 14.0. The number of halogens is 1. The number of benzene rings is 2. The van der Waals surface area contributed by atoms with E-state index in [1.807, 2.05) is 24.3 Å². The molecule has 1 atom stereocenters. The summed E-state index contributed by atoms with van der Waals surface area (Å²) in [6.07, 6.45) is -0.179. The van der Waals surface area contributed by atoms with Crippen LogP contribution in [0.4, 0.5) is 0 Å². The molecule has 3 rings (SSSR count). The first-order valence-corrected chi connectivity index (χ1v) is 7.98. The molecule has 0 saturated carbocycles. The van der Waals surface area contributed by atoms with Crippen molar-refractivity contribution in [1.29, 1.82) is 0 Å². The number of aliphatic hydroxyl groups excluding tert-OH is 1. The molecule has 2 aromatic carbocycles. The van der Waals surface area contributed by atoms with Crippen molar-refractivity contribution < 1.29 is 14.7 Å². The van der Waals surface area contributed by atoms with Crippen molar-refractivity contribution in [3.05, 3.63) is 76.5 Å². The fraction of sp³-hybridized carbons (Fsp3) is 0.0556. The molecule has 0 spiro atoms. The Hall–Kier alpha value is -2.57. The molecule has 120 valence electrons. The van der Waals surface area contributed by atoms with Crippen molar-refractivity contribution >= 4 is 38.4 Å². The van der Waals surface area contributed by atoms with Crippen LogP contribution in [-0.2, 0) is 0 Å². The van der Waals surface area contributed by atoms with Gasteiger partial charge in [0.2, 0.25) is 5.78 Å². The summed E-state index contributed by atoms with van der Waals surface area (Å²) in [7, 11) is 0. The highest BCUT2D eigenvalue weighted by Gasteiger charge is 2.22. The van der Waals surface area contributed by atoms with Crippen LogP contribution in [0, 0.1) is 0 Å². The predicted octanol–water partition coefficient (Wildman–Crippen LogP) is 2.93. The van der Waals surface area contributed by atoms with Crippen molar-refractivity contribution in [3.63, 3.8) is 0 Å². The number of carbonyl (C=O) groups is 2. The third-order valence-electron chi connectivity index (χ3n) is 3.53. The summed E-state index contributed by atoms with van der Waals surface area (Å²) < 4.78 is 0.728. The lowest BCUT2D eigenvalue weighted by Gasteiger charge is -2.13. The van der Waals surface area contributed by atoms with Crippen LogP contribution < -0.4 is 5.32 Å². The van der Waals surface area contributed by atoms with Crippen molar-refractivity contribution in [3.8, 4) is 0 Å². The number of ketones is 1. The Bertz CT molecular complexity index is 904. The van der Waals surface area contributed by atoms with E-state index in [0.29, 0.717) is 5.56 Å². The number of nitrogens with one attached hydrogen (secondary N) is 1. The number of Topliss-reactive ketones (excluding diaryl/α,β-unsaturated/α-hetero) is 1. The topological polar surface area (TPSA) is 79.3 Å². The summed E-state index contributed by atoms with van der Waals surface area (Å²) in [4.78, 5) is 28.5. The molecule has 24 heavy (non-hydrogen) atoms. The van der Waals surface area contributed by atoms with Crippen LogP contribution in [0.2, 0.25) is 0 Å². The molecule has 0 radical (unpaired) electrons. The molecule has 2 N–H and O–H groups in total. The number of nitrogens with zero attached hydrogens (tertiary/aromatic N) is 1. The number of aromatic nitrogens is 1. The van der Waals surface area contributed by atoms with Crippen LogP contribution >= 0.6 is 15.9 Å². The number of amides is 1. The molecular weight excluding hydrogens is 372 g/mol. The second kappa shape index (κ2) is 6.90. The molecule has 0 saturated heterocycles. The third kappa shape index (κ3) is 3.34. The Morgan fingerprint density at radius 2 is 1.79 bits per heavy atom. The van der Waals surface area contributed by atoms with Gasteiger partial charge in [-0.2, -0.15) is 0 Å². The van der Waals surface area contributed by atoms with Gasteiger partial charge in [-0.05, 0) is 38.8 Å². The Morgan fingerprint density at radius 3 is 2.54 bits per heavy atom. The van der Waals surface area contributed by atoms with Crippen LogP contribution in [0.5, 0.6) is 0 Å². The highest BCUT2D eigenvalue weighted by atomic mass is 79.9. The lowest BCUT2D eigenvalue weighted by molar-refractivity contribution is 0.0607. The van der Waals surface area contributed by atoms with Gasteiger partial charge in [0.15, 0.2) is 6.23 Å². The number of hydrogen-bond donors (Lipinski definition) is 2. The number of aliphatic hydroxyl groups is 1.